The summed E-state index contributed by atoms with van der Waals surface area (Å²) in [6.07, 6.45) is 6.86. The number of hydrogen-bond donors (Lipinski definition) is 2. The monoisotopic (exact) mass is 668 g/mol. The van der Waals surface area contributed by atoms with Gasteiger partial charge in [-0.25, -0.2) is 13.8 Å². The molecule has 2 N–H and O–H groups in total. The zero-order valence-corrected chi connectivity index (χ0v) is 27.7. The maximum atomic E-state index is 14.0. The number of rotatable bonds is 15. The van der Waals surface area contributed by atoms with Crippen LogP contribution in [0.25, 0.3) is 0 Å². The van der Waals surface area contributed by atoms with Crippen molar-refractivity contribution in [3.63, 3.8) is 0 Å². The maximum Gasteiger partial charge on any atom is 0.265 e. The van der Waals surface area contributed by atoms with Crippen LogP contribution in [-0.2, 0) is 19.6 Å². The summed E-state index contributed by atoms with van der Waals surface area (Å²) in [7, 11) is 1.29. The molecule has 1 aliphatic carbocycles. The van der Waals surface area contributed by atoms with Crippen LogP contribution in [0.1, 0.15) is 37.7 Å². The molecule has 1 saturated carbocycles. The number of carbonyl (C=O) groups is 2. The molecule has 3 aromatic carbocycles. The Morgan fingerprint density at radius 3 is 2.13 bits per heavy atom. The van der Waals surface area contributed by atoms with E-state index in [4.69, 9.17) is 23.7 Å². The number of anilines is 1. The quantitative estimate of drug-likeness (QED) is 0.181. The Labute approximate surface area is 274 Å². The predicted molar refractivity (Wildman–Crippen MR) is 176 cm³/mol. The molecule has 0 bridgehead atoms. The van der Waals surface area contributed by atoms with E-state index in [0.717, 1.165) is 30.0 Å². The molecule has 0 aliphatic heterocycles. The zero-order chi connectivity index (χ0) is 33.8. The molecule has 0 spiro atoms. The molecule has 0 radical (unpaired) electrons. The first-order chi connectivity index (χ1) is 22.7. The first-order valence-corrected chi connectivity index (χ1v) is 16.4. The van der Waals surface area contributed by atoms with Crippen molar-refractivity contribution in [2.75, 3.05) is 45.9 Å². The van der Waals surface area contributed by atoms with Gasteiger partial charge in [-0.2, -0.15) is 5.10 Å². The second-order valence-corrected chi connectivity index (χ2v) is 12.5. The molecule has 0 atom stereocenters. The van der Waals surface area contributed by atoms with Gasteiger partial charge in [0.05, 0.1) is 45.2 Å². The largest absolute Gasteiger partial charge is 0.497 e. The third-order valence-electron chi connectivity index (χ3n) is 7.51. The molecule has 14 heteroatoms. The molecular formula is C33H40N4O9S. The van der Waals surface area contributed by atoms with E-state index in [2.05, 4.69) is 15.8 Å². The van der Waals surface area contributed by atoms with Crippen LogP contribution in [0.3, 0.4) is 0 Å². The van der Waals surface area contributed by atoms with Crippen LogP contribution < -0.4 is 38.7 Å². The number of benzene rings is 3. The molecule has 1 aliphatic rings. The van der Waals surface area contributed by atoms with Gasteiger partial charge in [0.2, 0.25) is 0 Å². The van der Waals surface area contributed by atoms with Crippen LogP contribution in [0.4, 0.5) is 5.69 Å². The molecule has 47 heavy (non-hydrogen) atoms. The highest BCUT2D eigenvalue weighted by molar-refractivity contribution is 7.92. The normalized spacial score (nSPS) is 13.4. The van der Waals surface area contributed by atoms with Gasteiger partial charge in [0, 0.05) is 18.2 Å². The summed E-state index contributed by atoms with van der Waals surface area (Å²) in [6.45, 7) is -0.728. The average molecular weight is 669 g/mol. The number of carbonyl (C=O) groups excluding carboxylic acids is 2. The lowest BCUT2D eigenvalue weighted by molar-refractivity contribution is -0.124. The van der Waals surface area contributed by atoms with E-state index in [0.29, 0.717) is 22.8 Å². The van der Waals surface area contributed by atoms with Crippen LogP contribution in [-0.4, -0.2) is 74.1 Å². The Bertz CT molecular complexity index is 1660. The molecule has 3 aromatic rings. The fraction of sp³-hybridized carbons (Fsp3) is 0.364. The van der Waals surface area contributed by atoms with Crippen molar-refractivity contribution in [1.29, 1.82) is 0 Å². The van der Waals surface area contributed by atoms with Crippen molar-refractivity contribution in [2.45, 2.75) is 43.0 Å². The molecule has 0 saturated heterocycles. The summed E-state index contributed by atoms with van der Waals surface area (Å²) >= 11 is 0. The molecule has 13 nitrogen and oxygen atoms in total. The number of amides is 2. The van der Waals surface area contributed by atoms with E-state index in [-0.39, 0.29) is 40.6 Å². The number of hydrazone groups is 1. The Kier molecular flexibility index (Phi) is 12.3. The number of methoxy groups -OCH3 is 4. The standard InChI is InChI=1S/C33H40N4O9S/c1-42-26-14-16-29(43-2)28(18-26)37(47(40,41)27-15-17-30(44-3)31(19-27)45-4)21-32(38)36-34-20-23-10-12-25(13-11-23)46-22-33(39)35-24-8-6-5-7-9-24/h10-20,24H,5-9,21-22H2,1-4H3,(H,35,39)(H,36,38)/b34-20-. The molecule has 0 aromatic heterocycles. The lowest BCUT2D eigenvalue weighted by atomic mass is 9.95. The first kappa shape index (κ1) is 34.9. The molecule has 252 valence electrons. The Hall–Kier alpha value is -4.98. The summed E-state index contributed by atoms with van der Waals surface area (Å²) in [5.74, 6) is 0.707. The molecule has 0 unspecified atom stereocenters. The fourth-order valence-corrected chi connectivity index (χ4v) is 6.49. The average Bonchev–Trinajstić information content (AvgIpc) is 3.10. The Morgan fingerprint density at radius 2 is 1.47 bits per heavy atom. The number of hydrogen-bond acceptors (Lipinski definition) is 10. The van der Waals surface area contributed by atoms with E-state index in [1.165, 1.54) is 71.4 Å². The van der Waals surface area contributed by atoms with Gasteiger partial charge in [-0.15, -0.1) is 0 Å². The van der Waals surface area contributed by atoms with Gasteiger partial charge in [0.1, 0.15) is 23.8 Å². The Balaban J connectivity index is 1.45. The molecule has 2 amide bonds. The van der Waals surface area contributed by atoms with E-state index >= 15 is 0 Å². The highest BCUT2D eigenvalue weighted by atomic mass is 32.2. The van der Waals surface area contributed by atoms with Crippen molar-refractivity contribution in [3.8, 4) is 28.7 Å². The number of ether oxygens (including phenoxy) is 5. The van der Waals surface area contributed by atoms with Gasteiger partial charge < -0.3 is 29.0 Å². The van der Waals surface area contributed by atoms with Gasteiger partial charge in [0.15, 0.2) is 18.1 Å². The Morgan fingerprint density at radius 1 is 0.809 bits per heavy atom. The maximum absolute atomic E-state index is 14.0. The van der Waals surface area contributed by atoms with E-state index < -0.39 is 22.5 Å². The summed E-state index contributed by atoms with van der Waals surface area (Å²) in [6, 6.07) is 15.7. The third kappa shape index (κ3) is 9.28. The van der Waals surface area contributed by atoms with Crippen LogP contribution in [0.5, 0.6) is 28.7 Å². The second-order valence-electron chi connectivity index (χ2n) is 10.6. The van der Waals surface area contributed by atoms with Crippen molar-refractivity contribution in [1.82, 2.24) is 10.7 Å². The van der Waals surface area contributed by atoms with E-state index in [1.54, 1.807) is 30.3 Å². The fourth-order valence-electron chi connectivity index (χ4n) is 5.06. The second kappa shape index (κ2) is 16.5. The van der Waals surface area contributed by atoms with Gasteiger partial charge in [-0.1, -0.05) is 19.3 Å². The summed E-state index contributed by atoms with van der Waals surface area (Å²) in [5, 5.41) is 7.01. The lowest BCUT2D eigenvalue weighted by Crippen LogP contribution is -2.39. The summed E-state index contributed by atoms with van der Waals surface area (Å²) < 4.78 is 55.8. The minimum absolute atomic E-state index is 0.0729. The summed E-state index contributed by atoms with van der Waals surface area (Å²) in [4.78, 5) is 25.2. The van der Waals surface area contributed by atoms with Gasteiger partial charge >= 0.3 is 0 Å². The van der Waals surface area contributed by atoms with Crippen LogP contribution in [0.15, 0.2) is 70.7 Å². The van der Waals surface area contributed by atoms with E-state index in [9.17, 15) is 18.0 Å². The van der Waals surface area contributed by atoms with Gasteiger partial charge in [-0.3, -0.25) is 13.9 Å². The highest BCUT2D eigenvalue weighted by Gasteiger charge is 2.31. The molecular weight excluding hydrogens is 628 g/mol. The molecule has 1 fully saturated rings. The zero-order valence-electron chi connectivity index (χ0n) is 26.9. The van der Waals surface area contributed by atoms with Gasteiger partial charge in [0.25, 0.3) is 21.8 Å². The van der Waals surface area contributed by atoms with Crippen LogP contribution in [0, 0.1) is 0 Å². The topological polar surface area (TPSA) is 154 Å². The van der Waals surface area contributed by atoms with Gasteiger partial charge in [-0.05, 0) is 66.9 Å². The number of sulfonamides is 1. The van der Waals surface area contributed by atoms with Crippen molar-refractivity contribution >= 4 is 33.7 Å². The van der Waals surface area contributed by atoms with Crippen molar-refractivity contribution in [3.05, 3.63) is 66.2 Å². The van der Waals surface area contributed by atoms with Crippen LogP contribution >= 0.6 is 0 Å². The van der Waals surface area contributed by atoms with Crippen LogP contribution in [0.2, 0.25) is 0 Å². The SMILES string of the molecule is COc1ccc(OC)c(N(CC(=O)N/N=C\c2ccc(OCC(=O)NC3CCCCC3)cc2)S(=O)(=O)c2ccc(OC)c(OC)c2)c1. The molecule has 0 heterocycles. The minimum atomic E-state index is -4.36. The number of nitrogens with zero attached hydrogens (tertiary/aromatic N) is 2. The van der Waals surface area contributed by atoms with Crippen molar-refractivity contribution in [2.24, 2.45) is 5.10 Å². The number of nitrogens with one attached hydrogen (secondary N) is 2. The lowest BCUT2D eigenvalue weighted by Gasteiger charge is -2.26. The predicted octanol–water partition coefficient (Wildman–Crippen LogP) is 3.89. The highest BCUT2D eigenvalue weighted by Crippen LogP contribution is 2.37. The van der Waals surface area contributed by atoms with Crippen molar-refractivity contribution < 1.29 is 41.7 Å². The third-order valence-corrected chi connectivity index (χ3v) is 9.26. The van der Waals surface area contributed by atoms with E-state index in [1.807, 2.05) is 0 Å². The first-order valence-electron chi connectivity index (χ1n) is 15.0. The smallest absolute Gasteiger partial charge is 0.265 e. The summed E-state index contributed by atoms with van der Waals surface area (Å²) in [5.41, 5.74) is 3.08. The minimum Gasteiger partial charge on any atom is -0.497 e. The molecule has 4 rings (SSSR count).